The zero-order valence-electron chi connectivity index (χ0n) is 12.0. The van der Waals surface area contributed by atoms with Gasteiger partial charge in [-0.25, -0.2) is 0 Å². The molecular weight excluding hydrogens is 264 g/mol. The Morgan fingerprint density at radius 1 is 1.33 bits per heavy atom. The Balaban J connectivity index is 1.55. The van der Waals surface area contributed by atoms with E-state index in [1.54, 1.807) is 10.9 Å². The van der Waals surface area contributed by atoms with Gasteiger partial charge in [-0.05, 0) is 24.1 Å². The van der Waals surface area contributed by atoms with E-state index in [-0.39, 0.29) is 5.91 Å². The highest BCUT2D eigenvalue weighted by Gasteiger charge is 2.07. The lowest BCUT2D eigenvalue weighted by Crippen LogP contribution is -2.24. The van der Waals surface area contributed by atoms with E-state index in [4.69, 9.17) is 0 Å². The molecule has 2 heterocycles. The van der Waals surface area contributed by atoms with Crippen molar-refractivity contribution in [1.82, 2.24) is 20.1 Å². The Morgan fingerprint density at radius 3 is 3.00 bits per heavy atom. The third-order valence-corrected chi connectivity index (χ3v) is 3.69. The molecule has 0 aliphatic carbocycles. The SMILES string of the molecule is Cn1nccc1CNC(=O)CCc1c[nH]c2ccccc12. The van der Waals surface area contributed by atoms with Crippen LogP contribution in [0.15, 0.2) is 42.7 Å². The van der Waals surface area contributed by atoms with Crippen molar-refractivity contribution in [3.63, 3.8) is 0 Å². The van der Waals surface area contributed by atoms with Crippen molar-refractivity contribution >= 4 is 16.8 Å². The van der Waals surface area contributed by atoms with Crippen molar-refractivity contribution in [2.24, 2.45) is 7.05 Å². The average Bonchev–Trinajstić information content (AvgIpc) is 3.09. The molecule has 1 amide bonds. The minimum absolute atomic E-state index is 0.0569. The molecule has 0 fully saturated rings. The standard InChI is InChI=1S/C16H18N4O/c1-20-13(8-9-19-20)11-18-16(21)7-6-12-10-17-15-5-3-2-4-14(12)15/h2-5,8-10,17H,6-7,11H2,1H3,(H,18,21). The van der Waals surface area contributed by atoms with Crippen LogP contribution in [-0.2, 0) is 24.8 Å². The van der Waals surface area contributed by atoms with Crippen molar-refractivity contribution in [1.29, 1.82) is 0 Å². The van der Waals surface area contributed by atoms with Crippen LogP contribution in [0.3, 0.4) is 0 Å². The maximum Gasteiger partial charge on any atom is 0.220 e. The first-order chi connectivity index (χ1) is 10.2. The largest absolute Gasteiger partial charge is 0.361 e. The number of hydrogen-bond donors (Lipinski definition) is 2. The number of benzene rings is 1. The minimum atomic E-state index is 0.0569. The number of fused-ring (bicyclic) bond motifs is 1. The second-order valence-electron chi connectivity index (χ2n) is 5.08. The van der Waals surface area contributed by atoms with Gasteiger partial charge < -0.3 is 10.3 Å². The smallest absolute Gasteiger partial charge is 0.220 e. The van der Waals surface area contributed by atoms with Crippen LogP contribution >= 0.6 is 0 Å². The molecule has 0 atom stereocenters. The first-order valence-electron chi connectivity index (χ1n) is 7.02. The van der Waals surface area contributed by atoms with Crippen molar-refractivity contribution < 1.29 is 4.79 Å². The number of hydrogen-bond acceptors (Lipinski definition) is 2. The molecule has 3 rings (SSSR count). The number of carbonyl (C=O) groups excluding carboxylic acids is 1. The van der Waals surface area contributed by atoms with Crippen molar-refractivity contribution in [3.8, 4) is 0 Å². The van der Waals surface area contributed by atoms with Gasteiger partial charge in [0, 0.05) is 36.8 Å². The van der Waals surface area contributed by atoms with E-state index in [0.717, 1.165) is 17.6 Å². The lowest BCUT2D eigenvalue weighted by Gasteiger charge is -2.05. The Hall–Kier alpha value is -2.56. The van der Waals surface area contributed by atoms with Crippen LogP contribution in [0.2, 0.25) is 0 Å². The summed E-state index contributed by atoms with van der Waals surface area (Å²) in [5, 5.41) is 8.19. The molecule has 0 aliphatic rings. The fourth-order valence-corrected chi connectivity index (χ4v) is 2.44. The molecule has 5 heteroatoms. The second-order valence-corrected chi connectivity index (χ2v) is 5.08. The van der Waals surface area contributed by atoms with Crippen molar-refractivity contribution in [2.45, 2.75) is 19.4 Å². The van der Waals surface area contributed by atoms with E-state index in [2.05, 4.69) is 21.5 Å². The molecule has 0 saturated carbocycles. The van der Waals surface area contributed by atoms with Crippen LogP contribution in [0, 0.1) is 0 Å². The zero-order chi connectivity index (χ0) is 14.7. The molecular formula is C16H18N4O. The van der Waals surface area contributed by atoms with E-state index < -0.39 is 0 Å². The van der Waals surface area contributed by atoms with Crippen LogP contribution in [0.1, 0.15) is 17.7 Å². The summed E-state index contributed by atoms with van der Waals surface area (Å²) >= 11 is 0. The average molecular weight is 282 g/mol. The van der Waals surface area contributed by atoms with Crippen LogP contribution in [-0.4, -0.2) is 20.7 Å². The highest BCUT2D eigenvalue weighted by molar-refractivity contribution is 5.84. The van der Waals surface area contributed by atoms with Gasteiger partial charge in [-0.2, -0.15) is 5.10 Å². The number of aromatic nitrogens is 3. The summed E-state index contributed by atoms with van der Waals surface area (Å²) < 4.78 is 1.76. The molecule has 5 nitrogen and oxygen atoms in total. The molecule has 2 N–H and O–H groups in total. The second kappa shape index (κ2) is 5.83. The molecule has 3 aromatic rings. The van der Waals surface area contributed by atoms with E-state index >= 15 is 0 Å². The van der Waals surface area contributed by atoms with Gasteiger partial charge in [0.1, 0.15) is 0 Å². The molecule has 1 aromatic carbocycles. The number of H-pyrrole nitrogens is 1. The van der Waals surface area contributed by atoms with Crippen LogP contribution in [0.4, 0.5) is 0 Å². The Morgan fingerprint density at radius 2 is 2.19 bits per heavy atom. The number of aromatic amines is 1. The number of nitrogens with one attached hydrogen (secondary N) is 2. The van der Waals surface area contributed by atoms with Gasteiger partial charge >= 0.3 is 0 Å². The summed E-state index contributed by atoms with van der Waals surface area (Å²) in [5.41, 5.74) is 3.29. The maximum absolute atomic E-state index is 11.9. The lowest BCUT2D eigenvalue weighted by molar-refractivity contribution is -0.121. The molecule has 21 heavy (non-hydrogen) atoms. The summed E-state index contributed by atoms with van der Waals surface area (Å²) in [6, 6.07) is 10.0. The highest BCUT2D eigenvalue weighted by atomic mass is 16.1. The van der Waals surface area contributed by atoms with E-state index in [1.807, 2.05) is 37.5 Å². The number of amides is 1. The Kier molecular flexibility index (Phi) is 3.73. The van der Waals surface area contributed by atoms with Crippen molar-refractivity contribution in [2.75, 3.05) is 0 Å². The van der Waals surface area contributed by atoms with Gasteiger partial charge in [0.05, 0.1) is 12.2 Å². The third kappa shape index (κ3) is 2.97. The normalized spacial score (nSPS) is 10.9. The minimum Gasteiger partial charge on any atom is -0.361 e. The number of rotatable bonds is 5. The number of carbonyl (C=O) groups is 1. The van der Waals surface area contributed by atoms with Crippen LogP contribution in [0.5, 0.6) is 0 Å². The van der Waals surface area contributed by atoms with Gasteiger partial charge in [-0.3, -0.25) is 9.48 Å². The Labute approximate surface area is 123 Å². The quantitative estimate of drug-likeness (QED) is 0.753. The van der Waals surface area contributed by atoms with Gasteiger partial charge in [-0.15, -0.1) is 0 Å². The first-order valence-corrected chi connectivity index (χ1v) is 7.02. The molecule has 0 saturated heterocycles. The third-order valence-electron chi connectivity index (χ3n) is 3.69. The van der Waals surface area contributed by atoms with Crippen molar-refractivity contribution in [3.05, 3.63) is 54.0 Å². The molecule has 0 radical (unpaired) electrons. The molecule has 0 bridgehead atoms. The van der Waals surface area contributed by atoms with E-state index in [0.29, 0.717) is 13.0 Å². The maximum atomic E-state index is 11.9. The number of para-hydroxylation sites is 1. The summed E-state index contributed by atoms with van der Waals surface area (Å²) in [6.07, 6.45) is 4.94. The fourth-order valence-electron chi connectivity index (χ4n) is 2.44. The summed E-state index contributed by atoms with van der Waals surface area (Å²) in [4.78, 5) is 15.2. The first kappa shape index (κ1) is 13.4. The molecule has 0 aliphatic heterocycles. The summed E-state index contributed by atoms with van der Waals surface area (Å²) in [5.74, 6) is 0.0569. The number of nitrogens with zero attached hydrogens (tertiary/aromatic N) is 2. The zero-order valence-corrected chi connectivity index (χ0v) is 12.0. The van der Waals surface area contributed by atoms with Gasteiger partial charge in [0.2, 0.25) is 5.91 Å². The van der Waals surface area contributed by atoms with Gasteiger partial charge in [0.15, 0.2) is 0 Å². The van der Waals surface area contributed by atoms with E-state index in [9.17, 15) is 4.79 Å². The fraction of sp³-hybridized carbons (Fsp3) is 0.250. The topological polar surface area (TPSA) is 62.7 Å². The van der Waals surface area contributed by atoms with Crippen LogP contribution in [0.25, 0.3) is 10.9 Å². The summed E-state index contributed by atoms with van der Waals surface area (Å²) in [7, 11) is 1.87. The highest BCUT2D eigenvalue weighted by Crippen LogP contribution is 2.18. The summed E-state index contributed by atoms with van der Waals surface area (Å²) in [6.45, 7) is 0.517. The lowest BCUT2D eigenvalue weighted by atomic mass is 10.1. The molecule has 2 aromatic heterocycles. The van der Waals surface area contributed by atoms with Gasteiger partial charge in [0.25, 0.3) is 0 Å². The predicted octanol–water partition coefficient (Wildman–Crippen LogP) is 2.15. The van der Waals surface area contributed by atoms with Gasteiger partial charge in [-0.1, -0.05) is 18.2 Å². The predicted molar refractivity (Wildman–Crippen MR) is 81.7 cm³/mol. The Bertz CT molecular complexity index is 756. The number of aryl methyl sites for hydroxylation is 2. The van der Waals surface area contributed by atoms with E-state index in [1.165, 1.54) is 10.9 Å². The molecule has 0 spiro atoms. The van der Waals surface area contributed by atoms with Crippen LogP contribution < -0.4 is 5.32 Å². The monoisotopic (exact) mass is 282 g/mol. The molecule has 0 unspecified atom stereocenters. The molecule has 108 valence electrons.